The number of allylic oxidation sites excluding steroid dienone is 5. The van der Waals surface area contributed by atoms with Gasteiger partial charge in [0.25, 0.3) is 0 Å². The lowest BCUT2D eigenvalue weighted by Gasteiger charge is -2.56. The van der Waals surface area contributed by atoms with Gasteiger partial charge in [-0.15, -0.1) is 0 Å². The zero-order valence-electron chi connectivity index (χ0n) is 47.3. The molecule has 1 amide bonds. The third-order valence-electron chi connectivity index (χ3n) is 17.9. The van der Waals surface area contributed by atoms with Gasteiger partial charge >= 0.3 is 0 Å². The van der Waals surface area contributed by atoms with E-state index < -0.39 is 71.1 Å². The summed E-state index contributed by atoms with van der Waals surface area (Å²) >= 11 is 0. The van der Waals surface area contributed by atoms with E-state index in [9.17, 15) is 40.5 Å². The van der Waals surface area contributed by atoms with Gasteiger partial charge in [0.15, 0.2) is 11.7 Å². The predicted molar refractivity (Wildman–Crippen MR) is 314 cm³/mol. The number of carbonyl (C=O) groups excluding carboxylic acids is 2. The van der Waals surface area contributed by atoms with Gasteiger partial charge < -0.3 is 63.6 Å². The molecule has 2 saturated carbocycles. The van der Waals surface area contributed by atoms with Crippen molar-refractivity contribution in [3.05, 3.63) is 159 Å². The summed E-state index contributed by atoms with van der Waals surface area (Å²) < 4.78 is 0. The van der Waals surface area contributed by atoms with Gasteiger partial charge in [-0.25, -0.2) is 0 Å². The molecule has 3 aromatic carbocycles. The number of carbonyl (C=O) groups is 2. The molecule has 16 nitrogen and oxygen atoms in total. The van der Waals surface area contributed by atoms with E-state index in [0.717, 1.165) is 47.2 Å². The standard InChI is InChI=1S/C64H89N7O9/c1-38(2)17-24-54(68-29-6-7-30-72)39(3)11-8-15-45(37-73)49-26-28-64(59(49)78)53-23-22-47(75)32-41-12-9-13-42(31-41)33-51(52(35-70-62(66)67)43-18-20-46(74)21-19-43)56(77)36-69-58-57-44(14-10-16-50(57)60(65)71-61(58)79)34-55(76)40(4)48(53)25-27-63(64,5)80/h8-21,31,47,49,51-54,56,58-60,68-69,72-75,77-78,80H,3,6-7,22-30,32-37,65H2,1-2,4-5H3,(H,71,79)(H4,66,67,70). The van der Waals surface area contributed by atoms with E-state index in [1.807, 2.05) is 60.7 Å². The van der Waals surface area contributed by atoms with Crippen molar-refractivity contribution >= 4 is 17.6 Å². The zero-order valence-corrected chi connectivity index (χ0v) is 47.3. The monoisotopic (exact) mass is 1100 g/mol. The molecule has 16 N–H and O–H groups in total. The van der Waals surface area contributed by atoms with E-state index in [-0.39, 0.29) is 75.5 Å². The Balaban J connectivity index is 1.28. The molecule has 80 heavy (non-hydrogen) atoms. The Morgan fingerprint density at radius 1 is 0.963 bits per heavy atom. The number of rotatable bonds is 16. The number of aliphatic imine (C=N–C) groups is 1. The second-order valence-corrected chi connectivity index (χ2v) is 23.4. The van der Waals surface area contributed by atoms with Gasteiger partial charge in [0, 0.05) is 49.4 Å². The van der Waals surface area contributed by atoms with Crippen LogP contribution in [0.4, 0.5) is 0 Å². The van der Waals surface area contributed by atoms with Crippen LogP contribution in [0.5, 0.6) is 5.75 Å². The third-order valence-corrected chi connectivity index (χ3v) is 17.9. The number of ketones is 1. The van der Waals surface area contributed by atoms with Crippen molar-refractivity contribution < 1.29 is 45.3 Å². The second-order valence-electron chi connectivity index (χ2n) is 23.4. The van der Waals surface area contributed by atoms with E-state index in [0.29, 0.717) is 66.4 Å². The maximum atomic E-state index is 15.1. The summed E-state index contributed by atoms with van der Waals surface area (Å²) in [6.07, 6.45) is 8.69. The molecule has 2 bridgehead atoms. The highest BCUT2D eigenvalue weighted by Crippen LogP contribution is 2.63. The molecule has 4 aliphatic rings. The number of aliphatic hydroxyl groups excluding tert-OH is 5. The van der Waals surface area contributed by atoms with Crippen LogP contribution in [0, 0.1) is 23.2 Å². The Morgan fingerprint density at radius 2 is 1.69 bits per heavy atom. The molecule has 16 heteroatoms. The van der Waals surface area contributed by atoms with Crippen molar-refractivity contribution in [2.75, 3.05) is 32.8 Å². The first-order valence-electron chi connectivity index (χ1n) is 28.7. The molecule has 2 fully saturated rings. The van der Waals surface area contributed by atoms with Crippen LogP contribution < -0.4 is 33.2 Å². The average molecular weight is 1100 g/mol. The van der Waals surface area contributed by atoms with Gasteiger partial charge in [0.05, 0.1) is 30.5 Å². The fourth-order valence-electron chi connectivity index (χ4n) is 13.5. The number of Topliss-reactive ketones (excluding diaryl/α,β-unsaturated/α-hetero) is 1. The average Bonchev–Trinajstić information content (AvgIpc) is 4.00. The smallest absolute Gasteiger partial charge is 0.243 e. The van der Waals surface area contributed by atoms with Gasteiger partial charge in [0.1, 0.15) is 18.0 Å². The normalized spacial score (nSPS) is 28.6. The van der Waals surface area contributed by atoms with Crippen LogP contribution in [0.1, 0.15) is 137 Å². The van der Waals surface area contributed by atoms with Crippen LogP contribution >= 0.6 is 0 Å². The first-order valence-corrected chi connectivity index (χ1v) is 28.7. The van der Waals surface area contributed by atoms with Crippen LogP contribution in [-0.2, 0) is 28.9 Å². The summed E-state index contributed by atoms with van der Waals surface area (Å²) in [7, 11) is 0. The number of aliphatic hydroxyl groups is 6. The summed E-state index contributed by atoms with van der Waals surface area (Å²) in [5.74, 6) is -2.80. The molecule has 0 aromatic heterocycles. The molecule has 0 radical (unpaired) electrons. The van der Waals surface area contributed by atoms with Gasteiger partial charge in [-0.05, 0) is 179 Å². The number of nitrogens with two attached hydrogens (primary N) is 3. The van der Waals surface area contributed by atoms with Gasteiger partial charge in [-0.2, -0.15) is 0 Å². The van der Waals surface area contributed by atoms with Crippen LogP contribution in [-0.4, -0.2) is 116 Å². The first-order chi connectivity index (χ1) is 38.2. The minimum atomic E-state index is -1.41. The van der Waals surface area contributed by atoms with Gasteiger partial charge in [-0.1, -0.05) is 96.6 Å². The summed E-state index contributed by atoms with van der Waals surface area (Å²) in [5.41, 5.74) is 24.0. The SMILES string of the molecule is C=C(C=CC=C(CO)C1CCC2(C3CCC(O)Cc4cccc(c4)CC(C(CN=C(N)N)c4ccc(O)cc4)C(O)CNC4C(=O)NC(N)c5cccc(c54)CC(=O)C(C)=C3CCC2(C)O)C1O)C(CC=C(C)C)NCCCCO. The minimum absolute atomic E-state index is 0.0486. The fourth-order valence-corrected chi connectivity index (χ4v) is 13.5. The molecule has 2 aliphatic carbocycles. The number of fused-ring (bicyclic) bond motifs is 4. The topological polar surface area (TPSA) is 302 Å². The maximum absolute atomic E-state index is 15.1. The number of hydrogen-bond donors (Lipinski definition) is 13. The Morgan fingerprint density at radius 3 is 2.39 bits per heavy atom. The van der Waals surface area contributed by atoms with Crippen LogP contribution in [0.3, 0.4) is 0 Å². The van der Waals surface area contributed by atoms with E-state index in [1.54, 1.807) is 38.1 Å². The third kappa shape index (κ3) is 14.4. The van der Waals surface area contributed by atoms with Gasteiger partial charge in [-0.3, -0.25) is 19.9 Å². The lowest BCUT2D eigenvalue weighted by atomic mass is 9.52. The number of benzene rings is 3. The number of nitrogens with zero attached hydrogens (tertiary/aromatic N) is 1. The van der Waals surface area contributed by atoms with Crippen molar-refractivity contribution in [2.24, 2.45) is 45.4 Å². The molecule has 434 valence electrons. The Kier molecular flexibility index (Phi) is 21.5. The summed E-state index contributed by atoms with van der Waals surface area (Å²) in [5, 5.41) is 90.7. The Bertz CT molecular complexity index is 2800. The molecule has 2 heterocycles. The quantitative estimate of drug-likeness (QED) is 0.0275. The molecular formula is C64H89N7O9. The number of aromatic hydroxyl groups is 1. The number of unbranched alkanes of at least 4 members (excludes halogenated alkanes) is 1. The first kappa shape index (κ1) is 61.8. The van der Waals surface area contributed by atoms with Crippen LogP contribution in [0.15, 0.2) is 130 Å². The molecule has 2 aliphatic heterocycles. The maximum Gasteiger partial charge on any atom is 0.243 e. The predicted octanol–water partition coefficient (Wildman–Crippen LogP) is 5.55. The van der Waals surface area contributed by atoms with Gasteiger partial charge in [0.2, 0.25) is 5.91 Å². The van der Waals surface area contributed by atoms with E-state index in [4.69, 9.17) is 17.2 Å². The fraction of sp³-hybridized carbons (Fsp3) is 0.516. The minimum Gasteiger partial charge on any atom is -0.508 e. The zero-order chi connectivity index (χ0) is 57.9. The van der Waals surface area contributed by atoms with Crippen molar-refractivity contribution in [2.45, 2.75) is 153 Å². The second kappa shape index (κ2) is 27.8. The largest absolute Gasteiger partial charge is 0.508 e. The van der Waals surface area contributed by atoms with E-state index in [2.05, 4.69) is 47.4 Å². The summed E-state index contributed by atoms with van der Waals surface area (Å²) in [4.78, 5) is 33.7. The van der Waals surface area contributed by atoms with Crippen LogP contribution in [0.2, 0.25) is 0 Å². The number of guanidine groups is 1. The van der Waals surface area contributed by atoms with E-state index in [1.165, 1.54) is 5.57 Å². The van der Waals surface area contributed by atoms with Crippen LogP contribution in [0.25, 0.3) is 0 Å². The molecule has 12 unspecified atom stereocenters. The molecule has 3 aromatic rings. The molecular weight excluding hydrogens is 1010 g/mol. The number of phenols is 1. The van der Waals surface area contributed by atoms with Crippen molar-refractivity contribution in [1.29, 1.82) is 0 Å². The highest BCUT2D eigenvalue weighted by atomic mass is 16.3. The van der Waals surface area contributed by atoms with Crippen molar-refractivity contribution in [3.63, 3.8) is 0 Å². The number of amides is 1. The number of hydrogen-bond acceptors (Lipinski definition) is 13. The number of nitrogens with one attached hydrogen (secondary N) is 3. The number of phenolic OH excluding ortho intramolecular Hbond substituents is 1. The summed E-state index contributed by atoms with van der Waals surface area (Å²) in [6, 6.07) is 18.9. The Hall–Kier alpha value is -5.79. The summed E-state index contributed by atoms with van der Waals surface area (Å²) in [6.45, 7) is 12.6. The highest BCUT2D eigenvalue weighted by molar-refractivity contribution is 5.98. The lowest BCUT2D eigenvalue weighted by Crippen LogP contribution is -2.59. The Labute approximate surface area is 472 Å². The molecule has 0 saturated heterocycles. The number of β-amino-alcohol motifs (C(OH)–C–C–N with tert-alkyl or cyclic N) is 1. The molecule has 7 rings (SSSR count). The van der Waals surface area contributed by atoms with Crippen molar-refractivity contribution in [1.82, 2.24) is 16.0 Å². The van der Waals surface area contributed by atoms with Crippen molar-refractivity contribution in [3.8, 4) is 5.75 Å². The highest BCUT2D eigenvalue weighted by Gasteiger charge is 2.64. The molecule has 12 atom stereocenters. The van der Waals surface area contributed by atoms with E-state index >= 15 is 4.79 Å². The lowest BCUT2D eigenvalue weighted by molar-refractivity contribution is -0.168. The molecule has 1 spiro atoms.